The van der Waals surface area contributed by atoms with Crippen molar-refractivity contribution in [3.63, 3.8) is 0 Å². The van der Waals surface area contributed by atoms with E-state index in [-0.39, 0.29) is 29.5 Å². The van der Waals surface area contributed by atoms with Gasteiger partial charge in [-0.2, -0.15) is 0 Å². The Labute approximate surface area is 143 Å². The fraction of sp³-hybridized carbons (Fsp3) is 0.571. The predicted molar refractivity (Wildman–Crippen MR) is 92.5 cm³/mol. The maximum atomic E-state index is 12.8. The number of nitrogens with zero attached hydrogens (tertiary/aromatic N) is 2. The molecule has 0 unspecified atom stereocenters. The molecule has 9 heteroatoms. The van der Waals surface area contributed by atoms with Crippen LogP contribution in [0.1, 0.15) is 25.0 Å². The highest BCUT2D eigenvalue weighted by molar-refractivity contribution is 7.89. The van der Waals surface area contributed by atoms with Crippen molar-refractivity contribution in [3.8, 4) is 0 Å². The van der Waals surface area contributed by atoms with Crippen molar-refractivity contribution in [1.29, 1.82) is 0 Å². The van der Waals surface area contributed by atoms with E-state index in [0.29, 0.717) is 17.7 Å². The molecule has 23 heavy (non-hydrogen) atoms. The van der Waals surface area contributed by atoms with E-state index in [2.05, 4.69) is 0 Å². The number of hydrogen-bond acceptors (Lipinski definition) is 5. The van der Waals surface area contributed by atoms with Gasteiger partial charge in [0.15, 0.2) is 4.90 Å². The lowest BCUT2D eigenvalue weighted by molar-refractivity contribution is -0.388. The Bertz CT molecular complexity index is 690. The molecule has 0 aliphatic heterocycles. The van der Waals surface area contributed by atoms with Crippen molar-refractivity contribution >= 4 is 28.1 Å². The van der Waals surface area contributed by atoms with E-state index < -0.39 is 20.4 Å². The third kappa shape index (κ3) is 4.63. The number of rotatable bonds is 6. The molecule has 0 heterocycles. The van der Waals surface area contributed by atoms with Gasteiger partial charge in [0.1, 0.15) is 0 Å². The highest BCUT2D eigenvalue weighted by Crippen LogP contribution is 2.33. The van der Waals surface area contributed by atoms with Crippen LogP contribution in [0, 0.1) is 29.4 Å². The van der Waals surface area contributed by atoms with Crippen LogP contribution in [0.25, 0.3) is 0 Å². The zero-order chi connectivity index (χ0) is 17.3. The molecule has 0 aromatic heterocycles. The molecule has 2 N–H and O–H groups in total. The number of nitro groups is 1. The minimum atomic E-state index is -3.97. The van der Waals surface area contributed by atoms with Crippen LogP contribution in [0.5, 0.6) is 0 Å². The summed E-state index contributed by atoms with van der Waals surface area (Å²) in [6.07, 6.45) is 0. The molecular formula is C14H24ClN3O4S. The normalized spacial score (nSPS) is 12.1. The molecule has 0 aliphatic rings. The van der Waals surface area contributed by atoms with Crippen molar-refractivity contribution in [2.75, 3.05) is 20.1 Å². The standard InChI is InChI=1S/C14H23N3O4S.ClH/c1-10-6-7-11(2)13(12(10)17(18)19)22(20,21)16(5)9-14(3,4)8-15;/h6-7H,8-9,15H2,1-5H3;1H. The zero-order valence-electron chi connectivity index (χ0n) is 14.0. The van der Waals surface area contributed by atoms with E-state index in [1.807, 2.05) is 13.8 Å². The van der Waals surface area contributed by atoms with E-state index >= 15 is 0 Å². The van der Waals surface area contributed by atoms with Crippen LogP contribution in [0.2, 0.25) is 0 Å². The summed E-state index contributed by atoms with van der Waals surface area (Å²) in [4.78, 5) is 10.4. The molecule has 0 spiro atoms. The topological polar surface area (TPSA) is 107 Å². The first-order valence-corrected chi connectivity index (χ1v) is 8.29. The molecule has 1 aromatic rings. The van der Waals surface area contributed by atoms with E-state index in [1.54, 1.807) is 19.1 Å². The average Bonchev–Trinajstić information content (AvgIpc) is 2.39. The fourth-order valence-electron chi connectivity index (χ4n) is 2.23. The van der Waals surface area contributed by atoms with Crippen molar-refractivity contribution < 1.29 is 13.3 Å². The van der Waals surface area contributed by atoms with Gasteiger partial charge in [-0.05, 0) is 31.4 Å². The Morgan fingerprint density at radius 2 is 1.74 bits per heavy atom. The van der Waals surface area contributed by atoms with Crippen LogP contribution in [-0.2, 0) is 10.0 Å². The van der Waals surface area contributed by atoms with Crippen LogP contribution < -0.4 is 5.73 Å². The number of halogens is 1. The van der Waals surface area contributed by atoms with Crippen LogP contribution in [0.4, 0.5) is 5.69 Å². The molecule has 1 aromatic carbocycles. The van der Waals surface area contributed by atoms with Gasteiger partial charge in [0.2, 0.25) is 10.0 Å². The smallest absolute Gasteiger partial charge is 0.292 e. The molecule has 0 saturated heterocycles. The Morgan fingerprint density at radius 3 is 2.17 bits per heavy atom. The van der Waals surface area contributed by atoms with Crippen molar-refractivity contribution in [3.05, 3.63) is 33.4 Å². The first kappa shape index (κ1) is 21.8. The third-order valence-electron chi connectivity index (χ3n) is 3.58. The Balaban J connectivity index is 0.00000484. The summed E-state index contributed by atoms with van der Waals surface area (Å²) in [5.74, 6) is 0. The number of nitrogens with two attached hydrogens (primary N) is 1. The van der Waals surface area contributed by atoms with Crippen molar-refractivity contribution in [2.24, 2.45) is 11.1 Å². The minimum Gasteiger partial charge on any atom is -0.330 e. The first-order chi connectivity index (χ1) is 9.94. The van der Waals surface area contributed by atoms with Gasteiger partial charge in [-0.3, -0.25) is 10.1 Å². The van der Waals surface area contributed by atoms with Crippen LogP contribution >= 0.6 is 12.4 Å². The van der Waals surface area contributed by atoms with Gasteiger partial charge in [-0.15, -0.1) is 12.4 Å². The Morgan fingerprint density at radius 1 is 1.26 bits per heavy atom. The van der Waals surface area contributed by atoms with E-state index in [0.717, 1.165) is 4.31 Å². The monoisotopic (exact) mass is 365 g/mol. The summed E-state index contributed by atoms with van der Waals surface area (Å²) < 4.78 is 26.7. The molecule has 7 nitrogen and oxygen atoms in total. The zero-order valence-corrected chi connectivity index (χ0v) is 15.6. The second-order valence-corrected chi connectivity index (χ2v) is 8.25. The lowest BCUT2D eigenvalue weighted by Gasteiger charge is -2.28. The van der Waals surface area contributed by atoms with Crippen LogP contribution in [-0.4, -0.2) is 37.8 Å². The van der Waals surface area contributed by atoms with Gasteiger partial charge in [-0.25, -0.2) is 12.7 Å². The second kappa shape index (κ2) is 7.57. The maximum absolute atomic E-state index is 12.8. The molecule has 0 aliphatic carbocycles. The van der Waals surface area contributed by atoms with Gasteiger partial charge in [-0.1, -0.05) is 26.0 Å². The summed E-state index contributed by atoms with van der Waals surface area (Å²) in [7, 11) is -2.56. The van der Waals surface area contributed by atoms with E-state index in [1.165, 1.54) is 14.0 Å². The van der Waals surface area contributed by atoms with Gasteiger partial charge >= 0.3 is 0 Å². The van der Waals surface area contributed by atoms with Gasteiger partial charge in [0.05, 0.1) is 4.92 Å². The number of benzene rings is 1. The largest absolute Gasteiger partial charge is 0.330 e. The molecule has 0 fully saturated rings. The fourth-order valence-corrected chi connectivity index (χ4v) is 4.02. The number of aryl methyl sites for hydroxylation is 2. The first-order valence-electron chi connectivity index (χ1n) is 6.85. The minimum absolute atomic E-state index is 0. The SMILES string of the molecule is Cc1ccc(C)c(S(=O)(=O)N(C)CC(C)(C)CN)c1[N+](=O)[O-].Cl. The third-order valence-corrected chi connectivity index (χ3v) is 5.57. The molecular weight excluding hydrogens is 342 g/mol. The number of nitro benzene ring substituents is 1. The van der Waals surface area contributed by atoms with Gasteiger partial charge in [0, 0.05) is 19.2 Å². The summed E-state index contributed by atoms with van der Waals surface area (Å²) >= 11 is 0. The van der Waals surface area contributed by atoms with Crippen molar-refractivity contribution in [2.45, 2.75) is 32.6 Å². The molecule has 132 valence electrons. The predicted octanol–water partition coefficient (Wildman–Crippen LogP) is 2.24. The number of sulfonamides is 1. The summed E-state index contributed by atoms with van der Waals surface area (Å²) in [5.41, 5.74) is 5.53. The second-order valence-electron chi connectivity index (χ2n) is 6.26. The molecule has 0 saturated carbocycles. The van der Waals surface area contributed by atoms with E-state index in [9.17, 15) is 18.5 Å². The van der Waals surface area contributed by atoms with E-state index in [4.69, 9.17) is 5.73 Å². The average molecular weight is 366 g/mol. The molecule has 0 amide bonds. The maximum Gasteiger partial charge on any atom is 0.292 e. The van der Waals surface area contributed by atoms with Crippen LogP contribution in [0.3, 0.4) is 0 Å². The van der Waals surface area contributed by atoms with Crippen LogP contribution in [0.15, 0.2) is 17.0 Å². The quantitative estimate of drug-likeness (QED) is 0.614. The highest BCUT2D eigenvalue weighted by Gasteiger charge is 2.35. The Hall–Kier alpha value is -1.22. The number of hydrogen-bond donors (Lipinski definition) is 1. The Kier molecular flexibility index (Phi) is 7.16. The molecule has 0 radical (unpaired) electrons. The lowest BCUT2D eigenvalue weighted by Crippen LogP contribution is -2.40. The van der Waals surface area contributed by atoms with Gasteiger partial charge in [0.25, 0.3) is 5.69 Å². The van der Waals surface area contributed by atoms with Crippen molar-refractivity contribution in [1.82, 2.24) is 4.31 Å². The highest BCUT2D eigenvalue weighted by atomic mass is 35.5. The summed E-state index contributed by atoms with van der Waals surface area (Å²) in [6.45, 7) is 7.26. The molecule has 1 rings (SSSR count). The lowest BCUT2D eigenvalue weighted by atomic mass is 9.94. The summed E-state index contributed by atoms with van der Waals surface area (Å²) in [5, 5.41) is 11.3. The van der Waals surface area contributed by atoms with Gasteiger partial charge < -0.3 is 5.73 Å². The molecule has 0 bridgehead atoms. The summed E-state index contributed by atoms with van der Waals surface area (Å²) in [6, 6.07) is 3.13. The molecule has 0 atom stereocenters.